The van der Waals surface area contributed by atoms with Crippen molar-refractivity contribution in [2.75, 3.05) is 25.0 Å². The predicted octanol–water partition coefficient (Wildman–Crippen LogP) is 1.53. The minimum absolute atomic E-state index is 0.0148. The van der Waals surface area contributed by atoms with E-state index >= 15 is 0 Å². The molecule has 0 saturated carbocycles. The number of carbonyl (C=O) groups is 2. The molecule has 0 saturated heterocycles. The van der Waals surface area contributed by atoms with Crippen molar-refractivity contribution in [1.29, 1.82) is 0 Å². The average molecular weight is 283 g/mol. The van der Waals surface area contributed by atoms with Crippen molar-refractivity contribution in [3.05, 3.63) is 11.8 Å². The summed E-state index contributed by atoms with van der Waals surface area (Å²) >= 11 is 0. The first kappa shape index (κ1) is 16.2. The highest BCUT2D eigenvalue weighted by Gasteiger charge is 2.13. The number of nitrogens with one attached hydrogen (secondary N) is 1. The van der Waals surface area contributed by atoms with Gasteiger partial charge in [0.2, 0.25) is 11.8 Å². The summed E-state index contributed by atoms with van der Waals surface area (Å²) < 4.78 is 5.02. The number of rotatable bonds is 8. The van der Waals surface area contributed by atoms with Gasteiger partial charge in [0.25, 0.3) is 0 Å². The van der Waals surface area contributed by atoms with Crippen LogP contribution < -0.4 is 5.32 Å². The molecule has 0 aliphatic carbocycles. The lowest BCUT2D eigenvalue weighted by Gasteiger charge is -2.17. The molecule has 1 aromatic rings. The van der Waals surface area contributed by atoms with Gasteiger partial charge < -0.3 is 9.63 Å². The molecule has 0 aromatic carbocycles. The summed E-state index contributed by atoms with van der Waals surface area (Å²) in [5, 5.41) is 15.1. The first-order valence-electron chi connectivity index (χ1n) is 6.63. The molecule has 0 atom stereocenters. The van der Waals surface area contributed by atoms with E-state index in [-0.39, 0.29) is 24.8 Å². The number of hydrogen-bond acceptors (Lipinski definition) is 5. The predicted molar refractivity (Wildman–Crippen MR) is 73.6 cm³/mol. The molecular formula is C13H21N3O4. The van der Waals surface area contributed by atoms with Crippen LogP contribution >= 0.6 is 0 Å². The summed E-state index contributed by atoms with van der Waals surface area (Å²) in [4.78, 5) is 24.1. The minimum Gasteiger partial charge on any atom is -0.481 e. The van der Waals surface area contributed by atoms with Crippen LogP contribution in [0.3, 0.4) is 0 Å². The summed E-state index contributed by atoms with van der Waals surface area (Å²) in [7, 11) is 0. The van der Waals surface area contributed by atoms with E-state index in [2.05, 4.69) is 10.5 Å². The number of aliphatic carboxylic acids is 1. The molecule has 0 unspecified atom stereocenters. The smallest absolute Gasteiger partial charge is 0.304 e. The number of likely N-dealkylation sites (N-methyl/N-ethyl adjacent to an activating group) is 1. The largest absolute Gasteiger partial charge is 0.481 e. The number of carbonyl (C=O) groups excluding carboxylic acids is 1. The van der Waals surface area contributed by atoms with Crippen molar-refractivity contribution in [1.82, 2.24) is 10.1 Å². The first-order chi connectivity index (χ1) is 9.42. The second-order valence-corrected chi connectivity index (χ2v) is 4.83. The van der Waals surface area contributed by atoms with Gasteiger partial charge in [0.05, 0.1) is 18.7 Å². The van der Waals surface area contributed by atoms with E-state index in [4.69, 9.17) is 9.63 Å². The highest BCUT2D eigenvalue weighted by molar-refractivity contribution is 5.91. The van der Waals surface area contributed by atoms with Crippen LogP contribution in [0, 0.1) is 0 Å². The maximum Gasteiger partial charge on any atom is 0.304 e. The Balaban J connectivity index is 2.46. The molecule has 112 valence electrons. The fourth-order valence-corrected chi connectivity index (χ4v) is 1.60. The molecule has 1 heterocycles. The van der Waals surface area contributed by atoms with E-state index in [1.165, 1.54) is 0 Å². The standard InChI is InChI=1S/C13H21N3O4/c1-4-16(6-5-13(18)19)8-11(17)14-12-7-10(9(2)3)15-20-12/h7,9H,4-6,8H2,1-3H3,(H,14,17)(H,18,19). The number of anilines is 1. The summed E-state index contributed by atoms with van der Waals surface area (Å²) in [5.41, 5.74) is 0.776. The first-order valence-corrected chi connectivity index (χ1v) is 6.63. The van der Waals surface area contributed by atoms with E-state index < -0.39 is 5.97 Å². The quantitative estimate of drug-likeness (QED) is 0.751. The lowest BCUT2D eigenvalue weighted by molar-refractivity contribution is -0.137. The fraction of sp³-hybridized carbons (Fsp3) is 0.615. The summed E-state index contributed by atoms with van der Waals surface area (Å²) in [6.07, 6.45) is 0.0148. The Labute approximate surface area is 117 Å². The molecule has 1 rings (SSSR count). The summed E-state index contributed by atoms with van der Waals surface area (Å²) in [6.45, 7) is 6.91. The Kier molecular flexibility index (Phi) is 6.17. The van der Waals surface area contributed by atoms with Crippen LogP contribution in [-0.4, -0.2) is 46.7 Å². The number of nitrogens with zero attached hydrogens (tertiary/aromatic N) is 2. The molecule has 0 radical (unpaired) electrons. The molecule has 7 nitrogen and oxygen atoms in total. The zero-order valence-corrected chi connectivity index (χ0v) is 12.0. The van der Waals surface area contributed by atoms with Crippen molar-refractivity contribution < 1.29 is 19.2 Å². The molecule has 1 aromatic heterocycles. The number of carboxylic acid groups (broad SMARTS) is 1. The van der Waals surface area contributed by atoms with Gasteiger partial charge >= 0.3 is 5.97 Å². The van der Waals surface area contributed by atoms with Crippen molar-refractivity contribution >= 4 is 17.8 Å². The summed E-state index contributed by atoms with van der Waals surface area (Å²) in [6, 6.07) is 1.69. The van der Waals surface area contributed by atoms with E-state index in [0.29, 0.717) is 19.0 Å². The van der Waals surface area contributed by atoms with Crippen LogP contribution in [0.2, 0.25) is 0 Å². The number of aromatic nitrogens is 1. The van der Waals surface area contributed by atoms with Gasteiger partial charge in [-0.05, 0) is 12.5 Å². The zero-order chi connectivity index (χ0) is 15.1. The van der Waals surface area contributed by atoms with Crippen LogP contribution in [0.4, 0.5) is 5.88 Å². The number of hydrogen-bond donors (Lipinski definition) is 2. The molecule has 0 aliphatic rings. The van der Waals surface area contributed by atoms with E-state index in [9.17, 15) is 9.59 Å². The lowest BCUT2D eigenvalue weighted by atomic mass is 10.1. The van der Waals surface area contributed by atoms with Crippen LogP contribution in [-0.2, 0) is 9.59 Å². The third kappa shape index (κ3) is 5.40. The third-order valence-corrected chi connectivity index (χ3v) is 2.84. The second kappa shape index (κ2) is 7.64. The molecular weight excluding hydrogens is 262 g/mol. The van der Waals surface area contributed by atoms with Crippen molar-refractivity contribution in [3.63, 3.8) is 0 Å². The monoisotopic (exact) mass is 283 g/mol. The Hall–Kier alpha value is -1.89. The van der Waals surface area contributed by atoms with Gasteiger partial charge in [-0.1, -0.05) is 25.9 Å². The maximum atomic E-state index is 11.8. The Morgan fingerprint density at radius 2 is 2.20 bits per heavy atom. The highest BCUT2D eigenvalue weighted by atomic mass is 16.5. The normalized spacial score (nSPS) is 11.1. The number of amides is 1. The minimum atomic E-state index is -0.874. The van der Waals surface area contributed by atoms with Crippen LogP contribution in [0.5, 0.6) is 0 Å². The molecule has 1 amide bonds. The molecule has 2 N–H and O–H groups in total. The molecule has 0 fully saturated rings. The van der Waals surface area contributed by atoms with Crippen molar-refractivity contribution in [3.8, 4) is 0 Å². The molecule has 0 spiro atoms. The van der Waals surface area contributed by atoms with Gasteiger partial charge in [-0.3, -0.25) is 19.8 Å². The zero-order valence-electron chi connectivity index (χ0n) is 12.0. The summed E-state index contributed by atoms with van der Waals surface area (Å²) in [5.74, 6) is -0.579. The van der Waals surface area contributed by atoms with Crippen molar-refractivity contribution in [2.45, 2.75) is 33.1 Å². The molecule has 7 heteroatoms. The van der Waals surface area contributed by atoms with E-state index in [1.54, 1.807) is 11.0 Å². The van der Waals surface area contributed by atoms with Gasteiger partial charge in [-0.2, -0.15) is 0 Å². The lowest BCUT2D eigenvalue weighted by Crippen LogP contribution is -2.34. The topological polar surface area (TPSA) is 95.7 Å². The Morgan fingerprint density at radius 1 is 1.50 bits per heavy atom. The van der Waals surface area contributed by atoms with Gasteiger partial charge in [0.15, 0.2) is 0 Å². The fourth-order valence-electron chi connectivity index (χ4n) is 1.60. The highest BCUT2D eigenvalue weighted by Crippen LogP contribution is 2.17. The molecule has 0 bridgehead atoms. The molecule has 0 aliphatic heterocycles. The van der Waals surface area contributed by atoms with E-state index in [0.717, 1.165) is 5.69 Å². The van der Waals surface area contributed by atoms with Gasteiger partial charge in [0, 0.05) is 12.6 Å². The van der Waals surface area contributed by atoms with Crippen LogP contribution in [0.15, 0.2) is 10.6 Å². The van der Waals surface area contributed by atoms with Gasteiger partial charge in [-0.15, -0.1) is 0 Å². The number of carboxylic acids is 1. The van der Waals surface area contributed by atoms with Gasteiger partial charge in [0.1, 0.15) is 0 Å². The Morgan fingerprint density at radius 3 is 2.70 bits per heavy atom. The SMILES string of the molecule is CCN(CCC(=O)O)CC(=O)Nc1cc(C(C)C)no1. The van der Waals surface area contributed by atoms with Crippen LogP contribution in [0.25, 0.3) is 0 Å². The van der Waals surface area contributed by atoms with Crippen molar-refractivity contribution in [2.24, 2.45) is 0 Å². The van der Waals surface area contributed by atoms with E-state index in [1.807, 2.05) is 20.8 Å². The molecule has 20 heavy (non-hydrogen) atoms. The maximum absolute atomic E-state index is 11.8. The van der Waals surface area contributed by atoms with Crippen LogP contribution in [0.1, 0.15) is 38.8 Å². The van der Waals surface area contributed by atoms with Gasteiger partial charge in [-0.25, -0.2) is 0 Å². The average Bonchev–Trinajstić information content (AvgIpc) is 2.82. The Bertz CT molecular complexity index is 456. The third-order valence-electron chi connectivity index (χ3n) is 2.84. The second-order valence-electron chi connectivity index (χ2n) is 4.83.